The number of halogens is 3. The molecule has 0 unspecified atom stereocenters. The molecule has 3 rings (SSSR count). The van der Waals surface area contributed by atoms with E-state index in [1.165, 1.54) is 5.56 Å². The first kappa shape index (κ1) is 17.9. The van der Waals surface area contributed by atoms with Crippen molar-refractivity contribution in [3.63, 3.8) is 0 Å². The summed E-state index contributed by atoms with van der Waals surface area (Å²) in [7, 11) is 0. The number of alkyl halides is 3. The molecule has 0 saturated heterocycles. The molecule has 0 aromatic heterocycles. The van der Waals surface area contributed by atoms with Crippen LogP contribution in [-0.2, 0) is 11.2 Å². The molecule has 132 valence electrons. The number of benzene rings is 3. The second-order valence-electron chi connectivity index (χ2n) is 5.96. The van der Waals surface area contributed by atoms with Crippen LogP contribution < -0.4 is 0 Å². The van der Waals surface area contributed by atoms with Crippen molar-refractivity contribution in [1.29, 1.82) is 0 Å². The number of hydrogen-bond acceptors (Lipinski definition) is 1. The molecular weight excluding hydrogens is 337 g/mol. The maximum Gasteiger partial charge on any atom is 0.581 e. The predicted molar refractivity (Wildman–Crippen MR) is 97.4 cm³/mol. The molecule has 0 aliphatic carbocycles. The van der Waals surface area contributed by atoms with E-state index < -0.39 is 6.36 Å². The normalized spacial score (nSPS) is 11.1. The van der Waals surface area contributed by atoms with E-state index in [0.29, 0.717) is 5.56 Å². The van der Waals surface area contributed by atoms with Gasteiger partial charge in [-0.15, -0.1) is 13.2 Å². The van der Waals surface area contributed by atoms with Crippen molar-refractivity contribution >= 4 is 10.8 Å². The minimum atomic E-state index is -4.76. The van der Waals surface area contributed by atoms with Crippen molar-refractivity contribution in [2.45, 2.75) is 26.1 Å². The van der Waals surface area contributed by atoms with Crippen LogP contribution in [0.25, 0.3) is 21.9 Å². The highest BCUT2D eigenvalue weighted by atomic mass is 19.4. The van der Waals surface area contributed by atoms with Crippen LogP contribution in [0.4, 0.5) is 13.2 Å². The van der Waals surface area contributed by atoms with Crippen LogP contribution in [0, 0.1) is 12.0 Å². The first-order valence-electron chi connectivity index (χ1n) is 8.34. The average Bonchev–Trinajstić information content (AvgIpc) is 2.61. The highest BCUT2D eigenvalue weighted by Gasteiger charge is 2.29. The quantitative estimate of drug-likeness (QED) is 0.501. The molecule has 0 atom stereocenters. The van der Waals surface area contributed by atoms with Crippen LogP contribution in [0.2, 0.25) is 0 Å². The highest BCUT2D eigenvalue weighted by Crippen LogP contribution is 2.27. The molecule has 0 radical (unpaired) electrons. The summed E-state index contributed by atoms with van der Waals surface area (Å²) in [4.78, 5) is 0. The molecule has 0 spiro atoms. The Morgan fingerprint density at radius 3 is 2.35 bits per heavy atom. The summed E-state index contributed by atoms with van der Waals surface area (Å²) in [5, 5.41) is 1.70. The SMILES string of the molecule is CCCc1ccc(-c2ccc3c(C#COC(F)(F)F)cccc3c2)cc1. The zero-order valence-corrected chi connectivity index (χ0v) is 14.2. The van der Waals surface area contributed by atoms with Gasteiger partial charge in [0.25, 0.3) is 0 Å². The molecule has 4 heteroatoms. The number of rotatable bonds is 3. The largest absolute Gasteiger partial charge is 0.581 e. The molecule has 0 fully saturated rings. The molecular formula is C22H17F3O. The predicted octanol–water partition coefficient (Wildman–Crippen LogP) is 6.30. The summed E-state index contributed by atoms with van der Waals surface area (Å²) in [5.74, 6) is 2.43. The minimum Gasteiger partial charge on any atom is -0.352 e. The molecule has 1 nitrogen and oxygen atoms in total. The van der Waals surface area contributed by atoms with Gasteiger partial charge in [-0.3, -0.25) is 0 Å². The van der Waals surface area contributed by atoms with Gasteiger partial charge in [0, 0.05) is 5.56 Å². The minimum absolute atomic E-state index is 0.497. The second-order valence-corrected chi connectivity index (χ2v) is 5.96. The number of ether oxygens (including phenoxy) is 1. The van der Waals surface area contributed by atoms with Crippen LogP contribution >= 0.6 is 0 Å². The maximum absolute atomic E-state index is 12.1. The fraction of sp³-hybridized carbons (Fsp3) is 0.182. The van der Waals surface area contributed by atoms with E-state index in [1.54, 1.807) is 18.2 Å². The number of fused-ring (bicyclic) bond motifs is 1. The van der Waals surface area contributed by atoms with Gasteiger partial charge in [0.05, 0.1) is 0 Å². The molecule has 0 heterocycles. The second kappa shape index (κ2) is 7.53. The van der Waals surface area contributed by atoms with Crippen molar-refractivity contribution in [2.75, 3.05) is 0 Å². The summed E-state index contributed by atoms with van der Waals surface area (Å²) in [6.45, 7) is 2.15. The van der Waals surface area contributed by atoms with Crippen molar-refractivity contribution < 1.29 is 17.9 Å². The Labute approximate surface area is 150 Å². The first-order chi connectivity index (χ1) is 12.5. The van der Waals surface area contributed by atoms with Gasteiger partial charge in [-0.1, -0.05) is 61.9 Å². The van der Waals surface area contributed by atoms with Gasteiger partial charge in [-0.05, 0) is 51.9 Å². The van der Waals surface area contributed by atoms with E-state index in [-0.39, 0.29) is 0 Å². The van der Waals surface area contributed by atoms with Gasteiger partial charge >= 0.3 is 6.36 Å². The van der Waals surface area contributed by atoms with Gasteiger partial charge in [0.1, 0.15) is 6.11 Å². The molecule has 3 aromatic carbocycles. The molecule has 0 bridgehead atoms. The summed E-state index contributed by atoms with van der Waals surface area (Å²) < 4.78 is 39.7. The maximum atomic E-state index is 12.1. The van der Waals surface area contributed by atoms with Crippen molar-refractivity contribution in [3.05, 3.63) is 71.8 Å². The molecule has 0 amide bonds. The van der Waals surface area contributed by atoms with E-state index in [1.807, 2.05) is 24.3 Å². The van der Waals surface area contributed by atoms with Gasteiger partial charge in [0.2, 0.25) is 0 Å². The third-order valence-electron chi connectivity index (χ3n) is 4.06. The van der Waals surface area contributed by atoms with Crippen molar-refractivity contribution in [3.8, 4) is 23.2 Å². The Bertz CT molecular complexity index is 961. The number of aryl methyl sites for hydroxylation is 1. The lowest BCUT2D eigenvalue weighted by atomic mass is 9.97. The Balaban J connectivity index is 1.92. The van der Waals surface area contributed by atoms with Crippen LogP contribution in [0.3, 0.4) is 0 Å². The third kappa shape index (κ3) is 4.37. The van der Waals surface area contributed by atoms with Crippen LogP contribution in [-0.4, -0.2) is 6.36 Å². The van der Waals surface area contributed by atoms with E-state index >= 15 is 0 Å². The molecule has 0 aliphatic rings. The first-order valence-corrected chi connectivity index (χ1v) is 8.34. The van der Waals surface area contributed by atoms with Gasteiger partial charge < -0.3 is 4.74 Å². The van der Waals surface area contributed by atoms with E-state index in [9.17, 15) is 13.2 Å². The molecule has 26 heavy (non-hydrogen) atoms. The Morgan fingerprint density at radius 1 is 0.923 bits per heavy atom. The fourth-order valence-corrected chi connectivity index (χ4v) is 2.86. The Kier molecular flexibility index (Phi) is 5.18. The summed E-state index contributed by atoms with van der Waals surface area (Å²) >= 11 is 0. The average molecular weight is 354 g/mol. The van der Waals surface area contributed by atoms with Crippen LogP contribution in [0.1, 0.15) is 24.5 Å². The van der Waals surface area contributed by atoms with E-state index in [0.717, 1.165) is 34.7 Å². The summed E-state index contributed by atoms with van der Waals surface area (Å²) in [5.41, 5.74) is 3.96. The molecule has 0 aliphatic heterocycles. The monoisotopic (exact) mass is 354 g/mol. The van der Waals surface area contributed by atoms with Gasteiger partial charge in [-0.25, -0.2) is 0 Å². The van der Waals surface area contributed by atoms with Gasteiger partial charge in [0.15, 0.2) is 0 Å². The lowest BCUT2D eigenvalue weighted by Gasteiger charge is -2.07. The van der Waals surface area contributed by atoms with E-state index in [4.69, 9.17) is 0 Å². The van der Waals surface area contributed by atoms with Crippen molar-refractivity contribution in [1.82, 2.24) is 0 Å². The van der Waals surface area contributed by atoms with Crippen LogP contribution in [0.15, 0.2) is 60.7 Å². The zero-order valence-electron chi connectivity index (χ0n) is 14.2. The standard InChI is InChI=1S/C22H17F3O/c1-2-4-16-7-9-17(10-8-16)19-11-12-21-18(5-3-6-20(21)15-19)13-14-26-22(23,24)25/h3,5-12,15H,2,4H2,1H3. The fourth-order valence-electron chi connectivity index (χ4n) is 2.86. The van der Waals surface area contributed by atoms with Crippen molar-refractivity contribution in [2.24, 2.45) is 0 Å². The van der Waals surface area contributed by atoms with E-state index in [2.05, 4.69) is 41.8 Å². The van der Waals surface area contributed by atoms with Crippen LogP contribution in [0.5, 0.6) is 0 Å². The Morgan fingerprint density at radius 2 is 1.65 bits per heavy atom. The smallest absolute Gasteiger partial charge is 0.352 e. The summed E-state index contributed by atoms with van der Waals surface area (Å²) in [6, 6.07) is 19.6. The topological polar surface area (TPSA) is 9.23 Å². The molecule has 3 aromatic rings. The zero-order chi connectivity index (χ0) is 18.6. The van der Waals surface area contributed by atoms with Gasteiger partial charge in [-0.2, -0.15) is 0 Å². The lowest BCUT2D eigenvalue weighted by molar-refractivity contribution is -0.291. The molecule has 0 N–H and O–H groups in total. The summed E-state index contributed by atoms with van der Waals surface area (Å²) in [6.07, 6.45) is -0.868. The third-order valence-corrected chi connectivity index (χ3v) is 4.06. The highest BCUT2D eigenvalue weighted by molar-refractivity contribution is 5.91. The molecule has 0 saturated carbocycles. The lowest BCUT2D eigenvalue weighted by Crippen LogP contribution is -2.08. The number of hydrogen-bond donors (Lipinski definition) is 0. The Hall–Kier alpha value is -2.93.